The van der Waals surface area contributed by atoms with E-state index in [0.29, 0.717) is 10.0 Å². The van der Waals surface area contributed by atoms with E-state index in [-0.39, 0.29) is 0 Å². The normalized spacial score (nSPS) is 14.6. The zero-order valence-electron chi connectivity index (χ0n) is 14.5. The third-order valence-electron chi connectivity index (χ3n) is 4.51. The van der Waals surface area contributed by atoms with E-state index in [0.717, 1.165) is 40.3 Å². The Kier molecular flexibility index (Phi) is 7.44. The summed E-state index contributed by atoms with van der Waals surface area (Å²) in [6, 6.07) is 11.5. The number of benzene rings is 2. The van der Waals surface area contributed by atoms with Crippen LogP contribution in [0, 0.1) is 5.92 Å². The summed E-state index contributed by atoms with van der Waals surface area (Å²) in [5.41, 5.74) is 2.02. The smallest absolute Gasteiger partial charge is 0.126 e. The first-order valence-corrected chi connectivity index (χ1v) is 10.4. The summed E-state index contributed by atoms with van der Waals surface area (Å²) in [5.74, 6) is 1.72. The van der Waals surface area contributed by atoms with Gasteiger partial charge < -0.3 is 10.1 Å². The zero-order valence-corrected chi connectivity index (χ0v) is 17.6. The monoisotopic (exact) mass is 453 g/mol. The van der Waals surface area contributed by atoms with Gasteiger partial charge in [-0.05, 0) is 74.2 Å². The molecular formula is C21H22BrCl2NO. The van der Waals surface area contributed by atoms with Crippen molar-refractivity contribution in [2.24, 2.45) is 5.92 Å². The largest absolute Gasteiger partial charge is 0.493 e. The van der Waals surface area contributed by atoms with E-state index < -0.39 is 0 Å². The number of ether oxygens (including phenoxy) is 1. The molecule has 1 N–H and O–H groups in total. The molecule has 5 heteroatoms. The molecule has 0 aliphatic carbocycles. The molecule has 0 bridgehead atoms. The van der Waals surface area contributed by atoms with E-state index in [1.807, 2.05) is 48.6 Å². The molecule has 2 aromatic carbocycles. The quantitative estimate of drug-likeness (QED) is 0.354. The fourth-order valence-electron chi connectivity index (χ4n) is 2.87. The van der Waals surface area contributed by atoms with Gasteiger partial charge in [0.15, 0.2) is 0 Å². The van der Waals surface area contributed by atoms with Gasteiger partial charge in [-0.2, -0.15) is 0 Å². The van der Waals surface area contributed by atoms with Crippen LogP contribution in [0.1, 0.15) is 30.4 Å². The highest BCUT2D eigenvalue weighted by Gasteiger charge is 2.15. The van der Waals surface area contributed by atoms with E-state index >= 15 is 0 Å². The summed E-state index contributed by atoms with van der Waals surface area (Å²) in [6.45, 7) is 3.08. The van der Waals surface area contributed by atoms with Gasteiger partial charge >= 0.3 is 0 Å². The summed E-state index contributed by atoms with van der Waals surface area (Å²) in [6.07, 6.45) is 7.62. The molecule has 0 amide bonds. The molecule has 1 fully saturated rings. The zero-order chi connectivity index (χ0) is 18.4. The van der Waals surface area contributed by atoms with Crippen molar-refractivity contribution in [1.82, 2.24) is 5.32 Å². The summed E-state index contributed by atoms with van der Waals surface area (Å²) >= 11 is 15.7. The van der Waals surface area contributed by atoms with Crippen LogP contribution < -0.4 is 10.1 Å². The van der Waals surface area contributed by atoms with Gasteiger partial charge in [-0.25, -0.2) is 0 Å². The van der Waals surface area contributed by atoms with Crippen LogP contribution >= 0.6 is 39.1 Å². The maximum Gasteiger partial charge on any atom is 0.126 e. The van der Waals surface area contributed by atoms with Gasteiger partial charge in [-0.1, -0.05) is 57.4 Å². The number of rotatable bonds is 8. The van der Waals surface area contributed by atoms with Crippen LogP contribution in [0.5, 0.6) is 5.75 Å². The van der Waals surface area contributed by atoms with Crippen molar-refractivity contribution in [2.45, 2.75) is 19.3 Å². The summed E-state index contributed by atoms with van der Waals surface area (Å²) in [5, 5.41) is 4.72. The van der Waals surface area contributed by atoms with Crippen molar-refractivity contribution in [3.63, 3.8) is 0 Å². The SMILES string of the molecule is Clc1ccc(/C=C/c2cc(Cl)ccc2OCCCCC2CNC2)c(Br)c1. The maximum atomic E-state index is 6.17. The van der Waals surface area contributed by atoms with Crippen LogP contribution in [0.25, 0.3) is 12.2 Å². The van der Waals surface area contributed by atoms with Gasteiger partial charge in [0, 0.05) is 20.1 Å². The third-order valence-corrected chi connectivity index (χ3v) is 5.66. The van der Waals surface area contributed by atoms with Gasteiger partial charge in [-0.15, -0.1) is 0 Å². The Labute approximate surface area is 173 Å². The fraction of sp³-hybridized carbons (Fsp3) is 0.333. The van der Waals surface area contributed by atoms with Gasteiger partial charge in [0.1, 0.15) is 5.75 Å². The lowest BCUT2D eigenvalue weighted by molar-refractivity contribution is 0.278. The number of unbranched alkanes of at least 4 members (excludes halogenated alkanes) is 1. The van der Waals surface area contributed by atoms with E-state index in [9.17, 15) is 0 Å². The third kappa shape index (κ3) is 5.75. The molecule has 0 radical (unpaired) electrons. The summed E-state index contributed by atoms with van der Waals surface area (Å²) < 4.78 is 6.96. The molecule has 0 aromatic heterocycles. The van der Waals surface area contributed by atoms with Crippen molar-refractivity contribution in [2.75, 3.05) is 19.7 Å². The second kappa shape index (κ2) is 9.80. The Morgan fingerprint density at radius 1 is 1.00 bits per heavy atom. The van der Waals surface area contributed by atoms with Crippen LogP contribution in [-0.2, 0) is 0 Å². The molecule has 1 heterocycles. The maximum absolute atomic E-state index is 6.17. The molecule has 0 atom stereocenters. The predicted octanol–water partition coefficient (Wildman–Crippen LogP) is 6.69. The van der Waals surface area contributed by atoms with Gasteiger partial charge in [0.25, 0.3) is 0 Å². The first kappa shape index (κ1) is 19.8. The number of hydrogen-bond donors (Lipinski definition) is 1. The van der Waals surface area contributed by atoms with E-state index in [1.165, 1.54) is 25.9 Å². The molecule has 1 aliphatic rings. The van der Waals surface area contributed by atoms with E-state index in [4.69, 9.17) is 27.9 Å². The van der Waals surface area contributed by atoms with Crippen LogP contribution in [0.15, 0.2) is 40.9 Å². The molecule has 2 aromatic rings. The van der Waals surface area contributed by atoms with Crippen LogP contribution in [0.2, 0.25) is 10.0 Å². The molecular weight excluding hydrogens is 433 g/mol. The van der Waals surface area contributed by atoms with Gasteiger partial charge in [0.2, 0.25) is 0 Å². The lowest BCUT2D eigenvalue weighted by Crippen LogP contribution is -2.41. The van der Waals surface area contributed by atoms with Gasteiger partial charge in [-0.3, -0.25) is 0 Å². The Morgan fingerprint density at radius 2 is 1.73 bits per heavy atom. The van der Waals surface area contributed by atoms with E-state index in [2.05, 4.69) is 21.2 Å². The fourth-order valence-corrected chi connectivity index (χ4v) is 3.86. The van der Waals surface area contributed by atoms with Crippen molar-refractivity contribution in [1.29, 1.82) is 0 Å². The first-order valence-electron chi connectivity index (χ1n) is 8.88. The minimum absolute atomic E-state index is 0.699. The molecule has 0 saturated carbocycles. The topological polar surface area (TPSA) is 21.3 Å². The number of halogens is 3. The highest BCUT2D eigenvalue weighted by Crippen LogP contribution is 2.28. The molecule has 26 heavy (non-hydrogen) atoms. The van der Waals surface area contributed by atoms with Crippen LogP contribution in [0.3, 0.4) is 0 Å². The van der Waals surface area contributed by atoms with Crippen molar-refractivity contribution in [3.05, 3.63) is 62.0 Å². The molecule has 3 rings (SSSR count). The summed E-state index contributed by atoms with van der Waals surface area (Å²) in [4.78, 5) is 0. The highest BCUT2D eigenvalue weighted by molar-refractivity contribution is 9.10. The van der Waals surface area contributed by atoms with Crippen LogP contribution in [-0.4, -0.2) is 19.7 Å². The van der Waals surface area contributed by atoms with Crippen molar-refractivity contribution >= 4 is 51.3 Å². The average molecular weight is 455 g/mol. The molecule has 2 nitrogen and oxygen atoms in total. The molecule has 138 valence electrons. The molecule has 0 unspecified atom stereocenters. The minimum atomic E-state index is 0.699. The van der Waals surface area contributed by atoms with E-state index in [1.54, 1.807) is 0 Å². The number of hydrogen-bond acceptors (Lipinski definition) is 2. The molecule has 1 saturated heterocycles. The van der Waals surface area contributed by atoms with Crippen molar-refractivity contribution < 1.29 is 4.74 Å². The second-order valence-electron chi connectivity index (χ2n) is 6.55. The van der Waals surface area contributed by atoms with Crippen LogP contribution in [0.4, 0.5) is 0 Å². The summed E-state index contributed by atoms with van der Waals surface area (Å²) in [7, 11) is 0. The molecule has 1 aliphatic heterocycles. The second-order valence-corrected chi connectivity index (χ2v) is 8.28. The molecule has 0 spiro atoms. The first-order chi connectivity index (χ1) is 12.6. The highest BCUT2D eigenvalue weighted by atomic mass is 79.9. The van der Waals surface area contributed by atoms with Crippen molar-refractivity contribution in [3.8, 4) is 5.75 Å². The number of nitrogens with one attached hydrogen (secondary N) is 1. The average Bonchev–Trinajstić information content (AvgIpc) is 2.57. The predicted molar refractivity (Wildman–Crippen MR) is 115 cm³/mol. The van der Waals surface area contributed by atoms with Gasteiger partial charge in [0.05, 0.1) is 6.61 Å². The lowest BCUT2D eigenvalue weighted by atomic mass is 9.97. The Morgan fingerprint density at radius 3 is 2.46 bits per heavy atom. The Balaban J connectivity index is 1.60. The Hall–Kier alpha value is -1.00. The minimum Gasteiger partial charge on any atom is -0.493 e. The lowest BCUT2D eigenvalue weighted by Gasteiger charge is -2.26. The Bertz CT molecular complexity index is 775. The standard InChI is InChI=1S/C21H22BrCl2NO/c22-20-12-19(24)7-6-16(20)4-5-17-11-18(23)8-9-21(17)26-10-2-1-3-15-13-25-14-15/h4-9,11-12,15,25H,1-3,10,13-14H2/b5-4+.